The minimum absolute atomic E-state index is 0.247. The Labute approximate surface area is 115 Å². The molecule has 3 heteroatoms. The van der Waals surface area contributed by atoms with Gasteiger partial charge in [-0.3, -0.25) is 0 Å². The molecule has 0 amide bonds. The van der Waals surface area contributed by atoms with Crippen LogP contribution in [0.4, 0.5) is 0 Å². The fourth-order valence-corrected chi connectivity index (χ4v) is 2.32. The molecule has 0 saturated carbocycles. The van der Waals surface area contributed by atoms with Crippen LogP contribution < -0.4 is 5.73 Å². The monoisotopic (exact) mass is 257 g/mol. The average Bonchev–Trinajstić information content (AvgIpc) is 2.80. The third kappa shape index (κ3) is 4.21. The molecular weight excluding hydrogens is 234 g/mol. The molecule has 0 bridgehead atoms. The Morgan fingerprint density at radius 3 is 2.74 bits per heavy atom. The van der Waals surface area contributed by atoms with E-state index in [1.807, 2.05) is 19.4 Å². The zero-order valence-electron chi connectivity index (χ0n) is 11.8. The maximum Gasteiger partial charge on any atom is 0.108 e. The van der Waals surface area contributed by atoms with Crippen LogP contribution in [0.15, 0.2) is 36.7 Å². The summed E-state index contributed by atoms with van der Waals surface area (Å²) in [6.07, 6.45) is 7.87. The Morgan fingerprint density at radius 1 is 1.26 bits per heavy atom. The van der Waals surface area contributed by atoms with Crippen LogP contribution in [0.2, 0.25) is 0 Å². The average molecular weight is 257 g/mol. The summed E-state index contributed by atoms with van der Waals surface area (Å²) >= 11 is 0. The second-order valence-corrected chi connectivity index (χ2v) is 5.28. The van der Waals surface area contributed by atoms with Crippen molar-refractivity contribution in [2.75, 3.05) is 0 Å². The maximum absolute atomic E-state index is 6.19. The van der Waals surface area contributed by atoms with Gasteiger partial charge < -0.3 is 10.3 Å². The lowest BCUT2D eigenvalue weighted by Gasteiger charge is -2.11. The molecule has 0 fully saturated rings. The summed E-state index contributed by atoms with van der Waals surface area (Å²) < 4.78 is 2.06. The first-order chi connectivity index (χ1) is 9.15. The smallest absolute Gasteiger partial charge is 0.108 e. The predicted molar refractivity (Wildman–Crippen MR) is 79.0 cm³/mol. The number of aryl methyl sites for hydroxylation is 4. The van der Waals surface area contributed by atoms with E-state index in [4.69, 9.17) is 5.73 Å². The van der Waals surface area contributed by atoms with Gasteiger partial charge in [-0.05, 0) is 31.7 Å². The van der Waals surface area contributed by atoms with Gasteiger partial charge in [0.2, 0.25) is 0 Å². The number of hydrogen-bond acceptors (Lipinski definition) is 2. The first kappa shape index (κ1) is 13.8. The minimum atomic E-state index is 0.247. The fraction of sp³-hybridized carbons (Fsp3) is 0.438. The quantitative estimate of drug-likeness (QED) is 0.864. The molecule has 2 aromatic rings. The third-order valence-corrected chi connectivity index (χ3v) is 3.55. The van der Waals surface area contributed by atoms with Crippen LogP contribution in [0.3, 0.4) is 0 Å². The largest absolute Gasteiger partial charge is 0.338 e. The summed E-state index contributed by atoms with van der Waals surface area (Å²) in [5, 5.41) is 0. The van der Waals surface area contributed by atoms with Crippen LogP contribution in [0, 0.1) is 6.92 Å². The van der Waals surface area contributed by atoms with E-state index in [0.717, 1.165) is 31.5 Å². The molecule has 0 radical (unpaired) electrons. The molecule has 3 nitrogen and oxygen atoms in total. The number of nitrogens with zero attached hydrogens (tertiary/aromatic N) is 2. The SMILES string of the molecule is Cc1cccc(CCC(N)CCc2nccn2C)c1. The molecule has 1 atom stereocenters. The van der Waals surface area contributed by atoms with Crippen molar-refractivity contribution < 1.29 is 0 Å². The number of rotatable bonds is 6. The molecule has 1 heterocycles. The summed E-state index contributed by atoms with van der Waals surface area (Å²) in [6, 6.07) is 8.91. The molecule has 19 heavy (non-hydrogen) atoms. The van der Waals surface area contributed by atoms with E-state index in [1.165, 1.54) is 11.1 Å². The molecule has 1 aromatic carbocycles. The van der Waals surface area contributed by atoms with Gasteiger partial charge >= 0.3 is 0 Å². The zero-order valence-corrected chi connectivity index (χ0v) is 11.8. The number of hydrogen-bond donors (Lipinski definition) is 1. The highest BCUT2D eigenvalue weighted by molar-refractivity contribution is 5.22. The molecule has 0 aliphatic rings. The van der Waals surface area contributed by atoms with Crippen LogP contribution in [-0.2, 0) is 19.9 Å². The van der Waals surface area contributed by atoms with Crippen molar-refractivity contribution in [3.63, 3.8) is 0 Å². The van der Waals surface area contributed by atoms with Gasteiger partial charge in [0.15, 0.2) is 0 Å². The molecule has 0 spiro atoms. The highest BCUT2D eigenvalue weighted by Crippen LogP contribution is 2.10. The van der Waals surface area contributed by atoms with E-state index in [0.29, 0.717) is 0 Å². The number of aromatic nitrogens is 2. The number of benzene rings is 1. The second kappa shape index (κ2) is 6.53. The van der Waals surface area contributed by atoms with E-state index in [-0.39, 0.29) is 6.04 Å². The lowest BCUT2D eigenvalue weighted by molar-refractivity contribution is 0.554. The van der Waals surface area contributed by atoms with Crippen LogP contribution in [0.5, 0.6) is 0 Å². The molecule has 2 N–H and O–H groups in total. The molecular formula is C16H23N3. The van der Waals surface area contributed by atoms with Crippen LogP contribution in [-0.4, -0.2) is 15.6 Å². The zero-order chi connectivity index (χ0) is 13.7. The van der Waals surface area contributed by atoms with Crippen molar-refractivity contribution in [3.8, 4) is 0 Å². The topological polar surface area (TPSA) is 43.8 Å². The first-order valence-corrected chi connectivity index (χ1v) is 6.92. The summed E-state index contributed by atoms with van der Waals surface area (Å²) in [5.41, 5.74) is 8.89. The molecule has 0 aliphatic heterocycles. The van der Waals surface area contributed by atoms with E-state index in [1.54, 1.807) is 0 Å². The van der Waals surface area contributed by atoms with Gasteiger partial charge in [0.1, 0.15) is 5.82 Å². The van der Waals surface area contributed by atoms with Crippen molar-refractivity contribution in [1.29, 1.82) is 0 Å². The Hall–Kier alpha value is -1.61. The van der Waals surface area contributed by atoms with Gasteiger partial charge in [-0.15, -0.1) is 0 Å². The lowest BCUT2D eigenvalue weighted by atomic mass is 10.0. The Kier molecular flexibility index (Phi) is 4.74. The molecule has 0 aliphatic carbocycles. The van der Waals surface area contributed by atoms with Gasteiger partial charge in [0.25, 0.3) is 0 Å². The Balaban J connectivity index is 1.76. The second-order valence-electron chi connectivity index (χ2n) is 5.28. The van der Waals surface area contributed by atoms with E-state index in [2.05, 4.69) is 40.7 Å². The summed E-state index contributed by atoms with van der Waals surface area (Å²) in [4.78, 5) is 4.33. The van der Waals surface area contributed by atoms with Crippen LogP contribution in [0.25, 0.3) is 0 Å². The first-order valence-electron chi connectivity index (χ1n) is 6.92. The van der Waals surface area contributed by atoms with Crippen LogP contribution in [0.1, 0.15) is 29.8 Å². The minimum Gasteiger partial charge on any atom is -0.338 e. The Morgan fingerprint density at radius 2 is 2.05 bits per heavy atom. The van der Waals surface area contributed by atoms with Crippen molar-refractivity contribution in [3.05, 3.63) is 53.6 Å². The van der Waals surface area contributed by atoms with Crippen molar-refractivity contribution in [2.45, 2.75) is 38.6 Å². The van der Waals surface area contributed by atoms with E-state index >= 15 is 0 Å². The Bertz CT molecular complexity index is 516. The molecule has 102 valence electrons. The molecule has 1 aromatic heterocycles. The van der Waals surface area contributed by atoms with Crippen molar-refractivity contribution in [1.82, 2.24) is 9.55 Å². The van der Waals surface area contributed by atoms with Gasteiger partial charge in [-0.25, -0.2) is 4.98 Å². The standard InChI is InChI=1S/C16H23N3/c1-13-4-3-5-14(12-13)6-7-15(17)8-9-16-18-10-11-19(16)2/h3-5,10-12,15H,6-9,17H2,1-2H3. The number of nitrogens with two attached hydrogens (primary N) is 1. The molecule has 1 unspecified atom stereocenters. The third-order valence-electron chi connectivity index (χ3n) is 3.55. The van der Waals surface area contributed by atoms with E-state index in [9.17, 15) is 0 Å². The molecule has 0 saturated heterocycles. The van der Waals surface area contributed by atoms with Crippen molar-refractivity contribution in [2.24, 2.45) is 12.8 Å². The summed E-state index contributed by atoms with van der Waals surface area (Å²) in [5.74, 6) is 1.12. The van der Waals surface area contributed by atoms with Crippen LogP contribution >= 0.6 is 0 Å². The molecule has 2 rings (SSSR count). The van der Waals surface area contributed by atoms with Gasteiger partial charge in [-0.2, -0.15) is 0 Å². The normalized spacial score (nSPS) is 12.6. The predicted octanol–water partition coefficient (Wildman–Crippen LogP) is 2.62. The van der Waals surface area contributed by atoms with Gasteiger partial charge in [0.05, 0.1) is 0 Å². The summed E-state index contributed by atoms with van der Waals surface area (Å²) in [6.45, 7) is 2.13. The summed E-state index contributed by atoms with van der Waals surface area (Å²) in [7, 11) is 2.03. The number of imidazole rings is 1. The van der Waals surface area contributed by atoms with Gasteiger partial charge in [-0.1, -0.05) is 29.8 Å². The highest BCUT2D eigenvalue weighted by atomic mass is 15.0. The van der Waals surface area contributed by atoms with Gasteiger partial charge in [0, 0.05) is 31.9 Å². The van der Waals surface area contributed by atoms with Crippen molar-refractivity contribution >= 4 is 0 Å². The highest BCUT2D eigenvalue weighted by Gasteiger charge is 2.06. The maximum atomic E-state index is 6.19. The lowest BCUT2D eigenvalue weighted by Crippen LogP contribution is -2.22. The fourth-order valence-electron chi connectivity index (χ4n) is 2.32. The van der Waals surface area contributed by atoms with E-state index < -0.39 is 0 Å².